The third kappa shape index (κ3) is 3.29. The first kappa shape index (κ1) is 14.6. The summed E-state index contributed by atoms with van der Waals surface area (Å²) in [6.45, 7) is -1.19. The SMILES string of the molecule is Cn1nc(C2CC2)cc1C(=O)Nc1cnn(CC(F)(F)F)c1. The van der Waals surface area contributed by atoms with Crippen LogP contribution in [-0.4, -0.2) is 31.6 Å². The van der Waals surface area contributed by atoms with Crippen LogP contribution in [0.3, 0.4) is 0 Å². The summed E-state index contributed by atoms with van der Waals surface area (Å²) in [6, 6.07) is 1.72. The standard InChI is InChI=1S/C13H14F3N5O/c1-20-11(4-10(19-20)8-2-3-8)12(22)18-9-5-17-21(6-9)7-13(14,15)16/h4-6,8H,2-3,7H2,1H3,(H,18,22). The van der Waals surface area contributed by atoms with Crippen molar-refractivity contribution < 1.29 is 18.0 Å². The van der Waals surface area contributed by atoms with Crippen molar-refractivity contribution in [2.45, 2.75) is 31.5 Å². The molecule has 1 amide bonds. The number of hydrogen-bond acceptors (Lipinski definition) is 3. The van der Waals surface area contributed by atoms with Crippen molar-refractivity contribution in [1.29, 1.82) is 0 Å². The maximum atomic E-state index is 12.3. The first-order valence-electron chi connectivity index (χ1n) is 6.76. The summed E-state index contributed by atoms with van der Waals surface area (Å²) in [4.78, 5) is 12.2. The number of aromatic nitrogens is 4. The van der Waals surface area contributed by atoms with E-state index in [-0.39, 0.29) is 5.69 Å². The Morgan fingerprint density at radius 2 is 2.18 bits per heavy atom. The fourth-order valence-corrected chi connectivity index (χ4v) is 2.17. The molecule has 1 aliphatic rings. The van der Waals surface area contributed by atoms with Crippen LogP contribution in [0, 0.1) is 0 Å². The Balaban J connectivity index is 1.69. The minimum atomic E-state index is -4.35. The number of amides is 1. The summed E-state index contributed by atoms with van der Waals surface area (Å²) >= 11 is 0. The molecular weight excluding hydrogens is 299 g/mol. The summed E-state index contributed by atoms with van der Waals surface area (Å²) in [5.41, 5.74) is 1.45. The third-order valence-electron chi connectivity index (χ3n) is 3.36. The molecule has 3 rings (SSSR count). The van der Waals surface area contributed by atoms with Gasteiger partial charge in [0.2, 0.25) is 0 Å². The molecular formula is C13H14F3N5O. The van der Waals surface area contributed by atoms with Crippen LogP contribution in [0.2, 0.25) is 0 Å². The van der Waals surface area contributed by atoms with Crippen LogP contribution >= 0.6 is 0 Å². The summed E-state index contributed by atoms with van der Waals surface area (Å²) in [6.07, 6.45) is 0.116. The van der Waals surface area contributed by atoms with Gasteiger partial charge in [0.25, 0.3) is 5.91 Å². The predicted octanol–water partition coefficient (Wildman–Crippen LogP) is 2.31. The highest BCUT2D eigenvalue weighted by atomic mass is 19.4. The molecule has 1 N–H and O–H groups in total. The molecule has 0 atom stereocenters. The molecule has 0 spiro atoms. The molecule has 2 heterocycles. The van der Waals surface area contributed by atoms with Crippen LogP contribution in [0.5, 0.6) is 0 Å². The van der Waals surface area contributed by atoms with Crippen LogP contribution in [0.1, 0.15) is 34.9 Å². The van der Waals surface area contributed by atoms with Gasteiger partial charge in [0.05, 0.1) is 17.6 Å². The van der Waals surface area contributed by atoms with E-state index in [0.717, 1.165) is 29.4 Å². The Morgan fingerprint density at radius 1 is 1.45 bits per heavy atom. The Bertz CT molecular complexity index is 699. The Hall–Kier alpha value is -2.32. The summed E-state index contributed by atoms with van der Waals surface area (Å²) in [5, 5.41) is 10.4. The van der Waals surface area contributed by atoms with E-state index in [1.807, 2.05) is 0 Å². The number of alkyl halides is 3. The van der Waals surface area contributed by atoms with Crippen LogP contribution in [0.25, 0.3) is 0 Å². The van der Waals surface area contributed by atoms with Gasteiger partial charge >= 0.3 is 6.18 Å². The van der Waals surface area contributed by atoms with Gasteiger partial charge in [-0.05, 0) is 18.9 Å². The Morgan fingerprint density at radius 3 is 2.82 bits per heavy atom. The molecule has 9 heteroatoms. The first-order chi connectivity index (χ1) is 10.3. The maximum absolute atomic E-state index is 12.3. The zero-order valence-corrected chi connectivity index (χ0v) is 11.8. The van der Waals surface area contributed by atoms with E-state index in [4.69, 9.17) is 0 Å². The van der Waals surface area contributed by atoms with Crippen molar-refractivity contribution in [3.63, 3.8) is 0 Å². The molecule has 0 unspecified atom stereocenters. The van der Waals surface area contributed by atoms with Crippen molar-refractivity contribution in [2.24, 2.45) is 7.05 Å². The quantitative estimate of drug-likeness (QED) is 0.942. The lowest BCUT2D eigenvalue weighted by atomic mass is 10.2. The van der Waals surface area contributed by atoms with Gasteiger partial charge in [-0.2, -0.15) is 23.4 Å². The third-order valence-corrected chi connectivity index (χ3v) is 3.36. The lowest BCUT2D eigenvalue weighted by molar-refractivity contribution is -0.142. The predicted molar refractivity (Wildman–Crippen MR) is 71.4 cm³/mol. The van der Waals surface area contributed by atoms with Crippen LogP contribution < -0.4 is 5.32 Å². The molecule has 118 valence electrons. The van der Waals surface area contributed by atoms with E-state index >= 15 is 0 Å². The molecule has 0 saturated heterocycles. The number of hydrogen-bond donors (Lipinski definition) is 1. The largest absolute Gasteiger partial charge is 0.408 e. The Kier molecular flexibility index (Phi) is 3.42. The lowest BCUT2D eigenvalue weighted by Gasteiger charge is -2.05. The molecule has 2 aromatic rings. The van der Waals surface area contributed by atoms with Gasteiger partial charge < -0.3 is 5.32 Å². The van der Waals surface area contributed by atoms with Crippen molar-refractivity contribution >= 4 is 11.6 Å². The monoisotopic (exact) mass is 313 g/mol. The number of anilines is 1. The van der Waals surface area contributed by atoms with Gasteiger partial charge in [-0.1, -0.05) is 0 Å². The molecule has 1 fully saturated rings. The zero-order valence-electron chi connectivity index (χ0n) is 11.8. The molecule has 2 aromatic heterocycles. The summed E-state index contributed by atoms with van der Waals surface area (Å²) in [7, 11) is 1.66. The van der Waals surface area contributed by atoms with Gasteiger partial charge in [0, 0.05) is 19.2 Å². The second-order valence-electron chi connectivity index (χ2n) is 5.35. The van der Waals surface area contributed by atoms with Crippen molar-refractivity contribution in [1.82, 2.24) is 19.6 Å². The second-order valence-corrected chi connectivity index (χ2v) is 5.35. The van der Waals surface area contributed by atoms with Crippen LogP contribution in [0.15, 0.2) is 18.5 Å². The van der Waals surface area contributed by atoms with E-state index in [1.54, 1.807) is 13.1 Å². The Labute approximate surface area is 123 Å². The fourth-order valence-electron chi connectivity index (χ4n) is 2.17. The van der Waals surface area contributed by atoms with Gasteiger partial charge in [0.15, 0.2) is 0 Å². The first-order valence-corrected chi connectivity index (χ1v) is 6.76. The highest BCUT2D eigenvalue weighted by Crippen LogP contribution is 2.39. The molecule has 6 nitrogen and oxygen atoms in total. The summed E-state index contributed by atoms with van der Waals surface area (Å²) < 4.78 is 39.0. The van der Waals surface area contributed by atoms with Crippen molar-refractivity contribution in [3.8, 4) is 0 Å². The number of aryl methyl sites for hydroxylation is 1. The van der Waals surface area contributed by atoms with Crippen molar-refractivity contribution in [2.75, 3.05) is 5.32 Å². The highest BCUT2D eigenvalue weighted by molar-refractivity contribution is 6.03. The number of nitrogens with one attached hydrogen (secondary N) is 1. The van der Waals surface area contributed by atoms with Gasteiger partial charge in [0.1, 0.15) is 12.2 Å². The molecule has 1 aliphatic carbocycles. The molecule has 0 aromatic carbocycles. The minimum Gasteiger partial charge on any atom is -0.318 e. The molecule has 22 heavy (non-hydrogen) atoms. The van der Waals surface area contributed by atoms with Gasteiger partial charge in [-0.25, -0.2) is 0 Å². The van der Waals surface area contributed by atoms with E-state index in [0.29, 0.717) is 11.6 Å². The molecule has 0 aliphatic heterocycles. The molecule has 0 radical (unpaired) electrons. The lowest BCUT2D eigenvalue weighted by Crippen LogP contribution is -2.18. The van der Waals surface area contributed by atoms with Crippen molar-refractivity contribution in [3.05, 3.63) is 29.8 Å². The number of rotatable bonds is 4. The fraction of sp³-hybridized carbons (Fsp3) is 0.462. The summed E-state index contributed by atoms with van der Waals surface area (Å²) in [5.74, 6) is -0.00394. The average molecular weight is 313 g/mol. The van der Waals surface area contributed by atoms with E-state index in [2.05, 4.69) is 15.5 Å². The van der Waals surface area contributed by atoms with Gasteiger partial charge in [-0.3, -0.25) is 14.2 Å². The van der Waals surface area contributed by atoms with E-state index < -0.39 is 18.6 Å². The average Bonchev–Trinajstić information content (AvgIpc) is 3.05. The normalized spacial score (nSPS) is 15.1. The minimum absolute atomic E-state index is 0.212. The number of halogens is 3. The van der Waals surface area contributed by atoms with Gasteiger partial charge in [-0.15, -0.1) is 0 Å². The highest BCUT2D eigenvalue weighted by Gasteiger charge is 2.29. The number of carbonyl (C=O) groups is 1. The zero-order chi connectivity index (χ0) is 15.9. The molecule has 1 saturated carbocycles. The topological polar surface area (TPSA) is 64.7 Å². The van der Waals surface area contributed by atoms with E-state index in [1.165, 1.54) is 10.9 Å². The van der Waals surface area contributed by atoms with E-state index in [9.17, 15) is 18.0 Å². The van der Waals surface area contributed by atoms with Crippen LogP contribution in [0.4, 0.5) is 18.9 Å². The number of nitrogens with zero attached hydrogens (tertiary/aromatic N) is 4. The smallest absolute Gasteiger partial charge is 0.318 e. The molecule has 0 bridgehead atoms. The van der Waals surface area contributed by atoms with Crippen LogP contribution in [-0.2, 0) is 13.6 Å². The number of carbonyl (C=O) groups excluding carboxylic acids is 1. The maximum Gasteiger partial charge on any atom is 0.408 e. The second kappa shape index (κ2) is 5.15.